The fraction of sp³-hybridized carbons (Fsp3) is 0.588. The van der Waals surface area contributed by atoms with Gasteiger partial charge in [0.05, 0.1) is 12.8 Å². The first-order valence-corrected chi connectivity index (χ1v) is 8.13. The van der Waals surface area contributed by atoms with Crippen molar-refractivity contribution in [2.45, 2.75) is 50.7 Å². The Labute approximate surface area is 147 Å². The van der Waals surface area contributed by atoms with Crippen molar-refractivity contribution >= 4 is 11.9 Å². The summed E-state index contributed by atoms with van der Waals surface area (Å²) in [6.45, 7) is 1.86. The highest BCUT2D eigenvalue weighted by molar-refractivity contribution is 5.84. The molecule has 134 valence electrons. The number of hydrogen-bond acceptors (Lipinski definition) is 6. The number of aromatic nitrogens is 2. The molecule has 1 aromatic heterocycles. The van der Waals surface area contributed by atoms with Gasteiger partial charge in [0.2, 0.25) is 5.91 Å². The highest BCUT2D eigenvalue weighted by atomic mass is 16.5. The van der Waals surface area contributed by atoms with E-state index in [1.165, 1.54) is 7.11 Å². The lowest BCUT2D eigenvalue weighted by atomic mass is 10.0. The molecule has 1 amide bonds. The van der Waals surface area contributed by atoms with Gasteiger partial charge in [0, 0.05) is 45.3 Å². The molecule has 2 heterocycles. The lowest BCUT2D eigenvalue weighted by molar-refractivity contribution is -0.145. The smallest absolute Gasteiger partial charge is 0.328 e. The van der Waals surface area contributed by atoms with E-state index in [0.717, 1.165) is 11.3 Å². The first-order chi connectivity index (χ1) is 11.9. The van der Waals surface area contributed by atoms with E-state index in [9.17, 15) is 9.59 Å². The normalized spacial score (nSPS) is 15.3. The molecule has 1 aliphatic rings. The van der Waals surface area contributed by atoms with Crippen molar-refractivity contribution in [3.05, 3.63) is 17.5 Å². The maximum absolute atomic E-state index is 12.2. The van der Waals surface area contributed by atoms with Gasteiger partial charge in [0.25, 0.3) is 0 Å². The highest BCUT2D eigenvalue weighted by Gasteiger charge is 2.39. The zero-order valence-corrected chi connectivity index (χ0v) is 14.8. The standard InChI is InChI=1S/C17H23N5O3/c1-5-6-8-17(20-21-17)9-7-15(23)18-14(16(24)25-4)10-13-11-22(3)19-12(13)2/h1,11,14H,6-10H2,2-4H3,(H,18,23). The topological polar surface area (TPSA) is 97.9 Å². The molecule has 0 fully saturated rings. The molecule has 0 saturated heterocycles. The third-order valence-corrected chi connectivity index (χ3v) is 4.17. The molecular formula is C17H23N5O3. The monoisotopic (exact) mass is 345 g/mol. The Bertz CT molecular complexity index is 710. The van der Waals surface area contributed by atoms with Gasteiger partial charge in [-0.05, 0) is 12.5 Å². The van der Waals surface area contributed by atoms with Gasteiger partial charge in [-0.25, -0.2) is 4.79 Å². The molecule has 0 bridgehead atoms. The fourth-order valence-electron chi connectivity index (χ4n) is 2.65. The molecule has 0 radical (unpaired) electrons. The van der Waals surface area contributed by atoms with Crippen LogP contribution in [-0.4, -0.2) is 40.5 Å². The summed E-state index contributed by atoms with van der Waals surface area (Å²) >= 11 is 0. The maximum Gasteiger partial charge on any atom is 0.328 e. The molecule has 1 aliphatic heterocycles. The van der Waals surface area contributed by atoms with Crippen LogP contribution in [0.5, 0.6) is 0 Å². The first kappa shape index (κ1) is 18.6. The number of amides is 1. The van der Waals surface area contributed by atoms with Crippen molar-refractivity contribution in [1.29, 1.82) is 0 Å². The average molecular weight is 345 g/mol. The summed E-state index contributed by atoms with van der Waals surface area (Å²) in [6, 6.07) is -0.755. The van der Waals surface area contributed by atoms with Crippen molar-refractivity contribution in [2.24, 2.45) is 17.3 Å². The molecule has 1 N–H and O–H groups in total. The largest absolute Gasteiger partial charge is 0.467 e. The number of terminal acetylenes is 1. The van der Waals surface area contributed by atoms with E-state index in [4.69, 9.17) is 11.2 Å². The molecule has 1 atom stereocenters. The predicted molar refractivity (Wildman–Crippen MR) is 90.5 cm³/mol. The van der Waals surface area contributed by atoms with E-state index in [1.54, 1.807) is 11.7 Å². The molecule has 25 heavy (non-hydrogen) atoms. The zero-order chi connectivity index (χ0) is 18.4. The third-order valence-electron chi connectivity index (χ3n) is 4.17. The van der Waals surface area contributed by atoms with Crippen molar-refractivity contribution in [1.82, 2.24) is 15.1 Å². The summed E-state index contributed by atoms with van der Waals surface area (Å²) in [5.74, 6) is 1.82. The lowest BCUT2D eigenvalue weighted by Gasteiger charge is -2.17. The van der Waals surface area contributed by atoms with E-state index in [1.807, 2.05) is 13.1 Å². The quantitative estimate of drug-likeness (QED) is 0.538. The second-order valence-corrected chi connectivity index (χ2v) is 6.15. The van der Waals surface area contributed by atoms with Crippen LogP contribution < -0.4 is 5.32 Å². The number of nitrogens with zero attached hydrogens (tertiary/aromatic N) is 4. The molecule has 0 aliphatic carbocycles. The van der Waals surface area contributed by atoms with Gasteiger partial charge in [-0.3, -0.25) is 9.48 Å². The number of nitrogens with one attached hydrogen (secondary N) is 1. The Hall–Kier alpha value is -2.69. The molecule has 8 nitrogen and oxygen atoms in total. The summed E-state index contributed by atoms with van der Waals surface area (Å²) < 4.78 is 6.48. The molecular weight excluding hydrogens is 322 g/mol. The number of ether oxygens (including phenoxy) is 1. The summed E-state index contributed by atoms with van der Waals surface area (Å²) in [5.41, 5.74) is 1.19. The molecule has 0 saturated carbocycles. The van der Waals surface area contributed by atoms with Crippen molar-refractivity contribution in [3.8, 4) is 12.3 Å². The summed E-state index contributed by atoms with van der Waals surface area (Å²) in [7, 11) is 3.11. The van der Waals surface area contributed by atoms with Gasteiger partial charge in [-0.1, -0.05) is 0 Å². The van der Waals surface area contributed by atoms with Gasteiger partial charge in [-0.15, -0.1) is 12.3 Å². The van der Waals surface area contributed by atoms with Crippen LogP contribution in [0.4, 0.5) is 0 Å². The number of hydrogen-bond donors (Lipinski definition) is 1. The fourth-order valence-corrected chi connectivity index (χ4v) is 2.65. The van der Waals surface area contributed by atoms with E-state index < -0.39 is 17.7 Å². The number of esters is 1. The minimum atomic E-state index is -0.755. The van der Waals surface area contributed by atoms with Crippen LogP contribution in [0.15, 0.2) is 16.4 Å². The van der Waals surface area contributed by atoms with Crippen molar-refractivity contribution in [3.63, 3.8) is 0 Å². The van der Waals surface area contributed by atoms with Crippen molar-refractivity contribution < 1.29 is 14.3 Å². The third kappa shape index (κ3) is 5.14. The Balaban J connectivity index is 1.91. The molecule has 0 spiro atoms. The van der Waals surface area contributed by atoms with Gasteiger partial charge in [0.15, 0.2) is 5.66 Å². The predicted octanol–water partition coefficient (Wildman–Crippen LogP) is 1.28. The molecule has 8 heteroatoms. The van der Waals surface area contributed by atoms with E-state index in [-0.39, 0.29) is 12.3 Å². The number of carbonyl (C=O) groups is 2. The van der Waals surface area contributed by atoms with E-state index in [2.05, 4.69) is 26.6 Å². The first-order valence-electron chi connectivity index (χ1n) is 8.13. The maximum atomic E-state index is 12.2. The van der Waals surface area contributed by atoms with Crippen LogP contribution >= 0.6 is 0 Å². The number of carbonyl (C=O) groups excluding carboxylic acids is 2. The van der Waals surface area contributed by atoms with Crippen LogP contribution in [0.25, 0.3) is 0 Å². The number of aryl methyl sites for hydroxylation is 2. The summed E-state index contributed by atoms with van der Waals surface area (Å²) in [5, 5.41) is 15.0. The second kappa shape index (κ2) is 7.92. The van der Waals surface area contributed by atoms with Gasteiger partial charge < -0.3 is 10.1 Å². The Kier molecular flexibility index (Phi) is 5.91. The molecule has 1 unspecified atom stereocenters. The van der Waals surface area contributed by atoms with Crippen LogP contribution in [0.3, 0.4) is 0 Å². The summed E-state index contributed by atoms with van der Waals surface area (Å²) in [4.78, 5) is 24.2. The van der Waals surface area contributed by atoms with Gasteiger partial charge in [-0.2, -0.15) is 15.3 Å². The van der Waals surface area contributed by atoms with Gasteiger partial charge >= 0.3 is 5.97 Å². The minimum absolute atomic E-state index is 0.219. The Morgan fingerprint density at radius 1 is 1.44 bits per heavy atom. The Morgan fingerprint density at radius 2 is 2.16 bits per heavy atom. The lowest BCUT2D eigenvalue weighted by Crippen LogP contribution is -2.43. The Morgan fingerprint density at radius 3 is 2.68 bits per heavy atom. The van der Waals surface area contributed by atoms with Crippen LogP contribution in [0.1, 0.15) is 36.9 Å². The van der Waals surface area contributed by atoms with Crippen LogP contribution in [0, 0.1) is 19.3 Å². The average Bonchev–Trinajstić information content (AvgIpc) is 3.29. The zero-order valence-electron chi connectivity index (χ0n) is 14.8. The van der Waals surface area contributed by atoms with E-state index in [0.29, 0.717) is 25.7 Å². The SMILES string of the molecule is C#CCCC1(CCC(=O)NC(Cc2cn(C)nc2C)C(=O)OC)N=N1. The molecule has 1 aromatic rings. The molecule has 2 rings (SSSR count). The van der Waals surface area contributed by atoms with Crippen LogP contribution in [-0.2, 0) is 27.8 Å². The number of methoxy groups -OCH3 is 1. The van der Waals surface area contributed by atoms with Crippen molar-refractivity contribution in [2.75, 3.05) is 7.11 Å². The summed E-state index contributed by atoms with van der Waals surface area (Å²) in [6.07, 6.45) is 9.33. The highest BCUT2D eigenvalue weighted by Crippen LogP contribution is 2.37. The minimum Gasteiger partial charge on any atom is -0.467 e. The second-order valence-electron chi connectivity index (χ2n) is 6.15. The number of rotatable bonds is 9. The van der Waals surface area contributed by atoms with Crippen LogP contribution in [0.2, 0.25) is 0 Å². The van der Waals surface area contributed by atoms with Gasteiger partial charge in [0.1, 0.15) is 6.04 Å². The van der Waals surface area contributed by atoms with E-state index >= 15 is 0 Å². The molecule has 0 aromatic carbocycles.